The predicted molar refractivity (Wildman–Crippen MR) is 47.3 cm³/mol. The van der Waals surface area contributed by atoms with Crippen molar-refractivity contribution in [1.82, 2.24) is 0 Å². The maximum atomic E-state index is 10.8. The smallest absolute Gasteiger partial charge is 0.173 e. The molecule has 66 valence electrons. The molecule has 3 unspecified atom stereocenters. The third-order valence-corrected chi connectivity index (χ3v) is 3.41. The fourth-order valence-corrected chi connectivity index (χ4v) is 2.58. The lowest BCUT2D eigenvalue weighted by Crippen LogP contribution is -2.04. The third kappa shape index (κ3) is 1.43. The minimum absolute atomic E-state index is 0.000833. The second kappa shape index (κ2) is 3.00. The number of fused-ring (bicyclic) bond motifs is 1. The Kier molecular flexibility index (Phi) is 1.99. The van der Waals surface area contributed by atoms with Crippen LogP contribution in [-0.4, -0.2) is 12.0 Å². The van der Waals surface area contributed by atoms with Crippen LogP contribution in [0.4, 0.5) is 0 Å². The van der Waals surface area contributed by atoms with E-state index in [-0.39, 0.29) is 5.78 Å². The van der Waals surface area contributed by atoms with E-state index in [0.717, 1.165) is 30.4 Å². The Labute approximate surface area is 72.9 Å². The predicted octanol–water partition coefficient (Wildman–Crippen LogP) is 2.03. The quantitative estimate of drug-likeness (QED) is 0.636. The van der Waals surface area contributed by atoms with Gasteiger partial charge in [-0.3, -0.25) is 4.79 Å². The molecule has 0 amide bonds. The van der Waals surface area contributed by atoms with Crippen molar-refractivity contribution in [3.05, 3.63) is 0 Å². The molecule has 2 saturated carbocycles. The molecule has 0 saturated heterocycles. The first-order chi connectivity index (χ1) is 5.81. The third-order valence-electron chi connectivity index (χ3n) is 3.41. The van der Waals surface area contributed by atoms with Gasteiger partial charge in [0.05, 0.1) is 6.21 Å². The Hall–Kier alpha value is -0.660. The van der Waals surface area contributed by atoms with E-state index in [2.05, 4.69) is 0 Å². The van der Waals surface area contributed by atoms with Crippen molar-refractivity contribution in [2.24, 2.45) is 17.8 Å². The molecule has 0 heterocycles. The maximum absolute atomic E-state index is 10.8. The van der Waals surface area contributed by atoms with Crippen LogP contribution in [0.1, 0.15) is 32.1 Å². The molecular weight excluding hydrogens is 150 g/mol. The zero-order valence-corrected chi connectivity index (χ0v) is 7.25. The monoisotopic (exact) mass is 165 g/mol. The number of hydrogen-bond acceptors (Lipinski definition) is 2. The second-order valence-electron chi connectivity index (χ2n) is 4.15. The lowest BCUT2D eigenvalue weighted by Gasteiger charge is -2.08. The zero-order chi connectivity index (χ0) is 8.55. The van der Waals surface area contributed by atoms with Crippen molar-refractivity contribution >= 4 is 12.0 Å². The summed E-state index contributed by atoms with van der Waals surface area (Å²) in [7, 11) is 0. The van der Waals surface area contributed by atoms with Crippen molar-refractivity contribution in [2.75, 3.05) is 0 Å². The summed E-state index contributed by atoms with van der Waals surface area (Å²) < 4.78 is 0. The van der Waals surface area contributed by atoms with Gasteiger partial charge in [0.2, 0.25) is 0 Å². The largest absolute Gasteiger partial charge is 0.305 e. The summed E-state index contributed by atoms with van der Waals surface area (Å²) in [5.41, 5.74) is 0. The lowest BCUT2D eigenvalue weighted by molar-refractivity contribution is -0.112. The molecule has 0 aromatic rings. The first-order valence-electron chi connectivity index (χ1n) is 4.84. The average molecular weight is 165 g/mol. The SMILES string of the molecule is N=CC(=O)CCC1CCC2CC12. The highest BCUT2D eigenvalue weighted by Crippen LogP contribution is 2.56. The Balaban J connectivity index is 1.73. The van der Waals surface area contributed by atoms with Gasteiger partial charge in [-0.2, -0.15) is 0 Å². The molecule has 0 spiro atoms. The minimum atomic E-state index is -0.000833. The lowest BCUT2D eigenvalue weighted by atomic mass is 9.96. The highest BCUT2D eigenvalue weighted by Gasteiger charge is 2.47. The van der Waals surface area contributed by atoms with E-state index >= 15 is 0 Å². The van der Waals surface area contributed by atoms with Gasteiger partial charge in [-0.25, -0.2) is 0 Å². The second-order valence-corrected chi connectivity index (χ2v) is 4.15. The van der Waals surface area contributed by atoms with Crippen molar-refractivity contribution in [2.45, 2.75) is 32.1 Å². The molecule has 0 aromatic carbocycles. The van der Waals surface area contributed by atoms with Crippen LogP contribution in [0.3, 0.4) is 0 Å². The summed E-state index contributed by atoms with van der Waals surface area (Å²) in [5.74, 6) is 2.80. The molecule has 2 nitrogen and oxygen atoms in total. The van der Waals surface area contributed by atoms with E-state index in [4.69, 9.17) is 5.41 Å². The first-order valence-corrected chi connectivity index (χ1v) is 4.84. The Morgan fingerprint density at radius 2 is 2.33 bits per heavy atom. The van der Waals surface area contributed by atoms with Crippen molar-refractivity contribution in [3.63, 3.8) is 0 Å². The molecule has 2 aliphatic carbocycles. The summed E-state index contributed by atoms with van der Waals surface area (Å²) in [6, 6.07) is 0. The van der Waals surface area contributed by atoms with Crippen LogP contribution in [0.15, 0.2) is 0 Å². The van der Waals surface area contributed by atoms with Gasteiger partial charge in [-0.05, 0) is 43.4 Å². The van der Waals surface area contributed by atoms with Gasteiger partial charge >= 0.3 is 0 Å². The summed E-state index contributed by atoms with van der Waals surface area (Å²) >= 11 is 0. The number of carbonyl (C=O) groups excluding carboxylic acids is 1. The van der Waals surface area contributed by atoms with Crippen LogP contribution in [0.5, 0.6) is 0 Å². The van der Waals surface area contributed by atoms with E-state index in [9.17, 15) is 4.79 Å². The van der Waals surface area contributed by atoms with Gasteiger partial charge in [0.1, 0.15) is 0 Å². The Morgan fingerprint density at radius 1 is 1.50 bits per heavy atom. The number of hydrogen-bond donors (Lipinski definition) is 1. The summed E-state index contributed by atoms with van der Waals surface area (Å²) in [6.45, 7) is 0. The summed E-state index contributed by atoms with van der Waals surface area (Å²) in [5, 5.41) is 6.77. The summed E-state index contributed by atoms with van der Waals surface area (Å²) in [4.78, 5) is 10.8. The molecule has 3 atom stereocenters. The van der Waals surface area contributed by atoms with Crippen LogP contribution in [0.2, 0.25) is 0 Å². The number of rotatable bonds is 4. The molecule has 2 aliphatic rings. The van der Waals surface area contributed by atoms with Crippen LogP contribution >= 0.6 is 0 Å². The first kappa shape index (κ1) is 7.96. The van der Waals surface area contributed by atoms with Gasteiger partial charge in [0, 0.05) is 6.42 Å². The normalized spacial score (nSPS) is 37.5. The molecule has 2 heteroatoms. The topological polar surface area (TPSA) is 40.9 Å². The van der Waals surface area contributed by atoms with Crippen LogP contribution in [-0.2, 0) is 4.79 Å². The average Bonchev–Trinajstić information content (AvgIpc) is 2.77. The van der Waals surface area contributed by atoms with E-state index in [1.807, 2.05) is 0 Å². The van der Waals surface area contributed by atoms with Crippen LogP contribution in [0.25, 0.3) is 0 Å². The fourth-order valence-electron chi connectivity index (χ4n) is 2.58. The molecule has 1 N–H and O–H groups in total. The number of ketones is 1. The highest BCUT2D eigenvalue weighted by atomic mass is 16.1. The van der Waals surface area contributed by atoms with Crippen LogP contribution in [0, 0.1) is 23.2 Å². The van der Waals surface area contributed by atoms with Crippen molar-refractivity contribution in [1.29, 1.82) is 5.41 Å². The van der Waals surface area contributed by atoms with E-state index in [0.29, 0.717) is 6.42 Å². The molecule has 2 rings (SSSR count). The number of Topliss-reactive ketones (excluding diaryl/α,β-unsaturated/α-hetero) is 1. The fraction of sp³-hybridized carbons (Fsp3) is 0.800. The molecule has 0 aliphatic heterocycles. The zero-order valence-electron chi connectivity index (χ0n) is 7.25. The number of carbonyl (C=O) groups is 1. The molecule has 0 bridgehead atoms. The van der Waals surface area contributed by atoms with Crippen molar-refractivity contribution < 1.29 is 4.79 Å². The Morgan fingerprint density at radius 3 is 2.83 bits per heavy atom. The van der Waals surface area contributed by atoms with Gasteiger partial charge in [-0.15, -0.1) is 0 Å². The minimum Gasteiger partial charge on any atom is -0.305 e. The van der Waals surface area contributed by atoms with Gasteiger partial charge in [0.15, 0.2) is 5.78 Å². The molecule has 2 fully saturated rings. The molecule has 0 radical (unpaired) electrons. The standard InChI is InChI=1S/C10H15NO/c11-6-9(12)4-3-7-1-2-8-5-10(7)8/h6-8,10-11H,1-5H2. The number of nitrogens with one attached hydrogen (secondary N) is 1. The molecule has 12 heavy (non-hydrogen) atoms. The molecule has 0 aromatic heterocycles. The van der Waals surface area contributed by atoms with E-state index in [1.54, 1.807) is 0 Å². The maximum Gasteiger partial charge on any atom is 0.173 e. The molecular formula is C10H15NO. The van der Waals surface area contributed by atoms with Crippen LogP contribution < -0.4 is 0 Å². The summed E-state index contributed by atoms with van der Waals surface area (Å²) in [6.07, 6.45) is 6.75. The van der Waals surface area contributed by atoms with E-state index in [1.165, 1.54) is 19.3 Å². The van der Waals surface area contributed by atoms with Gasteiger partial charge < -0.3 is 5.41 Å². The van der Waals surface area contributed by atoms with Crippen molar-refractivity contribution in [3.8, 4) is 0 Å². The van der Waals surface area contributed by atoms with E-state index < -0.39 is 0 Å². The van der Waals surface area contributed by atoms with Gasteiger partial charge in [-0.1, -0.05) is 0 Å². The van der Waals surface area contributed by atoms with Gasteiger partial charge in [0.25, 0.3) is 0 Å². The highest BCUT2D eigenvalue weighted by molar-refractivity contribution is 6.26. The Bertz CT molecular complexity index is 212.